The number of nitro groups is 1. The van der Waals surface area contributed by atoms with Crippen LogP contribution in [0.5, 0.6) is 0 Å². The van der Waals surface area contributed by atoms with E-state index in [-0.39, 0.29) is 11.6 Å². The third kappa shape index (κ3) is 3.44. The summed E-state index contributed by atoms with van der Waals surface area (Å²) in [6.07, 6.45) is 3.83. The van der Waals surface area contributed by atoms with Gasteiger partial charge < -0.3 is 10.2 Å². The number of hydrogen-bond donors (Lipinski definition) is 1. The van der Waals surface area contributed by atoms with E-state index in [0.29, 0.717) is 11.4 Å². The van der Waals surface area contributed by atoms with Crippen molar-refractivity contribution < 1.29 is 19.3 Å². The number of rotatable bonds is 4. The molecule has 0 aliphatic carbocycles. The molecule has 0 bridgehead atoms. The van der Waals surface area contributed by atoms with Gasteiger partial charge in [-0.2, -0.15) is 0 Å². The van der Waals surface area contributed by atoms with Crippen molar-refractivity contribution in [3.05, 3.63) is 113 Å². The lowest BCUT2D eigenvalue weighted by Gasteiger charge is -2.36. The van der Waals surface area contributed by atoms with Crippen molar-refractivity contribution in [3.63, 3.8) is 0 Å². The Hall–Kier alpha value is -5.31. The van der Waals surface area contributed by atoms with Crippen molar-refractivity contribution in [2.75, 3.05) is 15.1 Å². The fourth-order valence-electron chi connectivity index (χ4n) is 6.34. The van der Waals surface area contributed by atoms with Gasteiger partial charge in [0, 0.05) is 28.9 Å². The molecular weight excluding hydrogens is 508 g/mol. The van der Waals surface area contributed by atoms with E-state index in [1.807, 2.05) is 77.7 Å². The van der Waals surface area contributed by atoms with Gasteiger partial charge in [-0.15, -0.1) is 0 Å². The SMILES string of the molecule is O=C(Nc1ccc([N+](=O)[O-])cc1)[C@@H]1[C@@H]2C(=O)N(c3cccc4ccccc34)C(=O)[C@H]2[C@@H]2C=Cc3ccccc3N12. The predicted molar refractivity (Wildman–Crippen MR) is 151 cm³/mol. The molecule has 3 amide bonds. The molecule has 3 aliphatic rings. The number of fused-ring (bicyclic) bond motifs is 6. The van der Waals surface area contributed by atoms with E-state index >= 15 is 0 Å². The predicted octanol–water partition coefficient (Wildman–Crippen LogP) is 4.78. The highest BCUT2D eigenvalue weighted by molar-refractivity contribution is 6.27. The third-order valence-electron chi connectivity index (χ3n) is 8.04. The summed E-state index contributed by atoms with van der Waals surface area (Å²) in [6, 6.07) is 24.7. The highest BCUT2D eigenvalue weighted by Crippen LogP contribution is 2.50. The molecule has 3 aliphatic heterocycles. The second-order valence-electron chi connectivity index (χ2n) is 10.1. The van der Waals surface area contributed by atoms with Crippen LogP contribution in [-0.2, 0) is 14.4 Å². The lowest BCUT2D eigenvalue weighted by atomic mass is 9.88. The van der Waals surface area contributed by atoms with Crippen molar-refractivity contribution in [2.45, 2.75) is 12.1 Å². The molecule has 4 atom stereocenters. The first-order chi connectivity index (χ1) is 19.4. The molecule has 4 aromatic carbocycles. The van der Waals surface area contributed by atoms with Gasteiger partial charge in [0.15, 0.2) is 0 Å². The average Bonchev–Trinajstić information content (AvgIpc) is 3.45. The van der Waals surface area contributed by atoms with E-state index in [4.69, 9.17) is 0 Å². The lowest BCUT2D eigenvalue weighted by molar-refractivity contribution is -0.384. The number of amides is 3. The fourth-order valence-corrected chi connectivity index (χ4v) is 6.34. The number of anilines is 3. The van der Waals surface area contributed by atoms with Gasteiger partial charge in [0.2, 0.25) is 17.7 Å². The summed E-state index contributed by atoms with van der Waals surface area (Å²) in [5.74, 6) is -2.90. The first kappa shape index (κ1) is 23.8. The summed E-state index contributed by atoms with van der Waals surface area (Å²) in [7, 11) is 0. The van der Waals surface area contributed by atoms with Gasteiger partial charge in [0.25, 0.3) is 5.69 Å². The van der Waals surface area contributed by atoms with Crippen LogP contribution in [0.3, 0.4) is 0 Å². The zero-order chi connectivity index (χ0) is 27.5. The second kappa shape index (κ2) is 8.88. The second-order valence-corrected chi connectivity index (χ2v) is 10.1. The van der Waals surface area contributed by atoms with Gasteiger partial charge in [-0.1, -0.05) is 66.7 Å². The molecule has 0 saturated carbocycles. The molecule has 1 N–H and O–H groups in total. The first-order valence-corrected chi connectivity index (χ1v) is 12.9. The van der Waals surface area contributed by atoms with Crippen LogP contribution in [0.25, 0.3) is 16.8 Å². The molecule has 9 heteroatoms. The van der Waals surface area contributed by atoms with Gasteiger partial charge >= 0.3 is 0 Å². The fraction of sp³-hybridized carbons (Fsp3) is 0.129. The van der Waals surface area contributed by atoms with Crippen LogP contribution >= 0.6 is 0 Å². The number of imide groups is 1. The minimum Gasteiger partial charge on any atom is -0.351 e. The zero-order valence-corrected chi connectivity index (χ0v) is 21.0. The number of para-hydroxylation sites is 1. The Morgan fingerprint density at radius 1 is 0.800 bits per heavy atom. The Bertz CT molecular complexity index is 1760. The van der Waals surface area contributed by atoms with E-state index in [0.717, 1.165) is 22.0 Å². The maximum absolute atomic E-state index is 14.2. The molecule has 7 rings (SSSR count). The van der Waals surface area contributed by atoms with Gasteiger partial charge in [0.1, 0.15) is 6.04 Å². The summed E-state index contributed by atoms with van der Waals surface area (Å²) >= 11 is 0. The van der Waals surface area contributed by atoms with Crippen LogP contribution in [-0.4, -0.2) is 34.7 Å². The standard InChI is InChI=1S/C31H22N4O5/c36-29(32-20-13-15-21(16-14-20)35(39)40)28-27-26(25-17-12-19-7-2-4-10-23(19)33(25)28)30(37)34(31(27)38)24-11-5-8-18-6-1-3-9-22(18)24/h1-17,25-28H,(H,32,36)/t25-,26-,27+,28-/m0/s1. The summed E-state index contributed by atoms with van der Waals surface area (Å²) in [5.41, 5.74) is 2.42. The highest BCUT2D eigenvalue weighted by Gasteiger charge is 2.64. The van der Waals surface area contributed by atoms with E-state index in [9.17, 15) is 24.5 Å². The maximum atomic E-state index is 14.2. The molecule has 9 nitrogen and oxygen atoms in total. The molecule has 0 unspecified atom stereocenters. The van der Waals surface area contributed by atoms with Crippen LogP contribution in [0, 0.1) is 22.0 Å². The molecular formula is C31H22N4O5. The molecule has 0 radical (unpaired) electrons. The zero-order valence-electron chi connectivity index (χ0n) is 21.0. The van der Waals surface area contributed by atoms with Crippen molar-refractivity contribution in [1.82, 2.24) is 0 Å². The van der Waals surface area contributed by atoms with Crippen LogP contribution in [0.15, 0.2) is 97.1 Å². The van der Waals surface area contributed by atoms with Crippen molar-refractivity contribution in [1.29, 1.82) is 0 Å². The number of nitro benzene ring substituents is 1. The lowest BCUT2D eigenvalue weighted by Crippen LogP contribution is -2.50. The highest BCUT2D eigenvalue weighted by atomic mass is 16.6. The molecule has 40 heavy (non-hydrogen) atoms. The van der Waals surface area contributed by atoms with Crippen molar-refractivity contribution in [3.8, 4) is 0 Å². The Labute approximate surface area is 228 Å². The van der Waals surface area contributed by atoms with E-state index < -0.39 is 40.7 Å². The molecule has 3 heterocycles. The van der Waals surface area contributed by atoms with Crippen LogP contribution < -0.4 is 15.1 Å². The molecule has 2 saturated heterocycles. The summed E-state index contributed by atoms with van der Waals surface area (Å²) < 4.78 is 0. The summed E-state index contributed by atoms with van der Waals surface area (Å²) in [4.78, 5) is 55.9. The summed E-state index contributed by atoms with van der Waals surface area (Å²) in [6.45, 7) is 0. The minimum atomic E-state index is -0.979. The molecule has 2 fully saturated rings. The van der Waals surface area contributed by atoms with Gasteiger partial charge in [0.05, 0.1) is 28.5 Å². The normalized spacial score (nSPS) is 22.7. The number of hydrogen-bond acceptors (Lipinski definition) is 6. The molecule has 196 valence electrons. The quantitative estimate of drug-likeness (QED) is 0.231. The van der Waals surface area contributed by atoms with Crippen LogP contribution in [0.2, 0.25) is 0 Å². The number of nitrogens with one attached hydrogen (secondary N) is 1. The largest absolute Gasteiger partial charge is 0.351 e. The number of carbonyl (C=O) groups excluding carboxylic acids is 3. The number of non-ortho nitro benzene ring substituents is 1. The molecule has 4 aromatic rings. The average molecular weight is 531 g/mol. The monoisotopic (exact) mass is 530 g/mol. The Morgan fingerprint density at radius 3 is 2.27 bits per heavy atom. The Balaban J connectivity index is 1.32. The summed E-state index contributed by atoms with van der Waals surface area (Å²) in [5, 5.41) is 15.6. The van der Waals surface area contributed by atoms with E-state index in [2.05, 4.69) is 5.32 Å². The van der Waals surface area contributed by atoms with Gasteiger partial charge in [-0.3, -0.25) is 24.5 Å². The minimum absolute atomic E-state index is 0.101. The van der Waals surface area contributed by atoms with E-state index in [1.54, 1.807) is 6.07 Å². The Kier molecular flexibility index (Phi) is 5.28. The first-order valence-electron chi connectivity index (χ1n) is 12.9. The van der Waals surface area contributed by atoms with Crippen molar-refractivity contribution >= 4 is 57.3 Å². The van der Waals surface area contributed by atoms with E-state index in [1.165, 1.54) is 29.2 Å². The number of nitrogens with zero attached hydrogens (tertiary/aromatic N) is 3. The Morgan fingerprint density at radius 2 is 1.48 bits per heavy atom. The molecule has 0 aromatic heterocycles. The van der Waals surface area contributed by atoms with Gasteiger partial charge in [-0.25, -0.2) is 4.90 Å². The maximum Gasteiger partial charge on any atom is 0.269 e. The van der Waals surface area contributed by atoms with Crippen LogP contribution in [0.4, 0.5) is 22.7 Å². The van der Waals surface area contributed by atoms with Gasteiger partial charge in [-0.05, 0) is 35.2 Å². The smallest absolute Gasteiger partial charge is 0.269 e. The topological polar surface area (TPSA) is 113 Å². The molecule has 0 spiro atoms. The number of carbonyl (C=O) groups is 3. The number of benzene rings is 4. The van der Waals surface area contributed by atoms with Crippen LogP contribution in [0.1, 0.15) is 5.56 Å². The van der Waals surface area contributed by atoms with Crippen molar-refractivity contribution in [2.24, 2.45) is 11.8 Å². The third-order valence-corrected chi connectivity index (χ3v) is 8.04.